The van der Waals surface area contributed by atoms with Gasteiger partial charge in [0, 0.05) is 37.0 Å². The number of carbonyl (C=O) groups excluding carboxylic acids is 1. The Morgan fingerprint density at radius 3 is 2.48 bits per heavy atom. The number of carbonyl (C=O) groups is 1. The molecule has 1 fully saturated rings. The summed E-state index contributed by atoms with van der Waals surface area (Å²) in [7, 11) is 2.00. The number of anilines is 1. The predicted molar refractivity (Wildman–Crippen MR) is 136 cm³/mol. The van der Waals surface area contributed by atoms with E-state index in [9.17, 15) is 4.79 Å². The molecular formula is C26H29ClN4OS. The third-order valence-electron chi connectivity index (χ3n) is 5.84. The normalized spacial score (nSPS) is 14.1. The van der Waals surface area contributed by atoms with Crippen LogP contribution in [0.25, 0.3) is 0 Å². The van der Waals surface area contributed by atoms with Gasteiger partial charge in [0.1, 0.15) is 11.0 Å². The van der Waals surface area contributed by atoms with Crippen molar-refractivity contribution in [1.29, 1.82) is 0 Å². The molecule has 0 saturated heterocycles. The van der Waals surface area contributed by atoms with Crippen LogP contribution in [0.15, 0.2) is 65.8 Å². The Bertz CT molecular complexity index is 1060. The summed E-state index contributed by atoms with van der Waals surface area (Å²) in [4.78, 5) is 23.6. The molecule has 1 N–H and O–H groups in total. The summed E-state index contributed by atoms with van der Waals surface area (Å²) in [5.41, 5.74) is 3.02. The lowest BCUT2D eigenvalue weighted by Crippen LogP contribution is -2.36. The average Bonchev–Trinajstić information content (AvgIpc) is 2.84. The molecule has 0 aliphatic heterocycles. The molecule has 7 heteroatoms. The summed E-state index contributed by atoms with van der Waals surface area (Å²) >= 11 is 7.81. The topological polar surface area (TPSA) is 58.1 Å². The first-order valence-corrected chi connectivity index (χ1v) is 12.8. The van der Waals surface area contributed by atoms with E-state index in [-0.39, 0.29) is 5.91 Å². The van der Waals surface area contributed by atoms with Crippen molar-refractivity contribution in [1.82, 2.24) is 15.3 Å². The van der Waals surface area contributed by atoms with Crippen molar-refractivity contribution in [2.75, 3.05) is 11.9 Å². The minimum absolute atomic E-state index is 0.0189. The lowest BCUT2D eigenvalue weighted by atomic mass is 9.95. The van der Waals surface area contributed by atoms with Crippen molar-refractivity contribution < 1.29 is 4.79 Å². The van der Waals surface area contributed by atoms with Crippen LogP contribution in [0.2, 0.25) is 5.15 Å². The van der Waals surface area contributed by atoms with Crippen molar-refractivity contribution in [3.8, 4) is 0 Å². The van der Waals surface area contributed by atoms with Crippen LogP contribution in [-0.4, -0.2) is 29.0 Å². The molecule has 1 amide bonds. The summed E-state index contributed by atoms with van der Waals surface area (Å²) in [5, 5.41) is 4.23. The van der Waals surface area contributed by atoms with Gasteiger partial charge in [0.25, 0.3) is 5.91 Å². The van der Waals surface area contributed by atoms with Gasteiger partial charge in [0.15, 0.2) is 5.16 Å². The number of rotatable bonds is 8. The van der Waals surface area contributed by atoms with E-state index >= 15 is 0 Å². The SMILES string of the molecule is CN(Cc1ccccc1)c1cc(Cl)nc(SCc2ccc(C(=O)NC3CCCCC3)cc2)n1. The van der Waals surface area contributed by atoms with E-state index in [1.165, 1.54) is 36.6 Å². The van der Waals surface area contributed by atoms with Gasteiger partial charge in [-0.25, -0.2) is 9.97 Å². The Labute approximate surface area is 205 Å². The van der Waals surface area contributed by atoms with E-state index in [2.05, 4.69) is 32.3 Å². The molecule has 1 saturated carbocycles. The summed E-state index contributed by atoms with van der Waals surface area (Å²) in [6, 6.07) is 20.1. The maximum Gasteiger partial charge on any atom is 0.251 e. The molecular weight excluding hydrogens is 452 g/mol. The molecule has 172 valence electrons. The minimum Gasteiger partial charge on any atom is -0.355 e. The summed E-state index contributed by atoms with van der Waals surface area (Å²) < 4.78 is 0. The van der Waals surface area contributed by atoms with Crippen LogP contribution in [0, 0.1) is 0 Å². The Morgan fingerprint density at radius 2 is 1.76 bits per heavy atom. The second-order valence-corrected chi connectivity index (χ2v) is 9.80. The molecule has 0 radical (unpaired) electrons. The summed E-state index contributed by atoms with van der Waals surface area (Å²) in [5.74, 6) is 1.51. The molecule has 0 unspecified atom stereocenters. The van der Waals surface area contributed by atoms with Crippen molar-refractivity contribution in [2.45, 2.75) is 55.6 Å². The third-order valence-corrected chi connectivity index (χ3v) is 6.95. The number of halogens is 1. The smallest absolute Gasteiger partial charge is 0.251 e. The molecule has 0 spiro atoms. The van der Waals surface area contributed by atoms with E-state index < -0.39 is 0 Å². The van der Waals surface area contributed by atoms with E-state index in [0.29, 0.717) is 27.7 Å². The molecule has 33 heavy (non-hydrogen) atoms. The Morgan fingerprint density at radius 1 is 1.03 bits per heavy atom. The zero-order chi connectivity index (χ0) is 23.0. The van der Waals surface area contributed by atoms with Crippen molar-refractivity contribution >= 4 is 35.1 Å². The lowest BCUT2D eigenvalue weighted by Gasteiger charge is -2.22. The number of benzene rings is 2. The summed E-state index contributed by atoms with van der Waals surface area (Å²) in [6.45, 7) is 0.739. The van der Waals surface area contributed by atoms with E-state index in [4.69, 9.17) is 11.6 Å². The van der Waals surface area contributed by atoms with Crippen LogP contribution in [0.4, 0.5) is 5.82 Å². The Hall–Kier alpha value is -2.57. The monoisotopic (exact) mass is 480 g/mol. The standard InChI is InChI=1S/C26H29ClN4OS/c1-31(17-19-8-4-2-5-9-19)24-16-23(27)29-26(30-24)33-18-20-12-14-21(15-13-20)25(32)28-22-10-6-3-7-11-22/h2,4-5,8-9,12-16,22H,3,6-7,10-11,17-18H2,1H3,(H,28,32). The highest BCUT2D eigenvalue weighted by Crippen LogP contribution is 2.25. The number of nitrogens with zero attached hydrogens (tertiary/aromatic N) is 3. The number of aromatic nitrogens is 2. The minimum atomic E-state index is 0.0189. The van der Waals surface area contributed by atoms with Gasteiger partial charge in [-0.1, -0.05) is 85.1 Å². The van der Waals surface area contributed by atoms with Gasteiger partial charge < -0.3 is 10.2 Å². The molecule has 3 aromatic rings. The number of thioether (sulfide) groups is 1. The van der Waals surface area contributed by atoms with Crippen molar-refractivity contribution in [2.24, 2.45) is 0 Å². The Kier molecular flexibility index (Phi) is 8.24. The fourth-order valence-electron chi connectivity index (χ4n) is 4.00. The molecule has 1 aliphatic rings. The highest BCUT2D eigenvalue weighted by Gasteiger charge is 2.16. The van der Waals surface area contributed by atoms with Gasteiger partial charge in [-0.05, 0) is 36.1 Å². The second kappa shape index (κ2) is 11.5. The predicted octanol–water partition coefficient (Wildman–Crippen LogP) is 6.12. The molecule has 0 atom stereocenters. The number of nitrogens with one attached hydrogen (secondary N) is 1. The highest BCUT2D eigenvalue weighted by molar-refractivity contribution is 7.98. The van der Waals surface area contributed by atoms with Crippen molar-refractivity contribution in [3.05, 3.63) is 82.5 Å². The van der Waals surface area contributed by atoms with Gasteiger partial charge >= 0.3 is 0 Å². The molecule has 1 aliphatic carbocycles. The van der Waals surface area contributed by atoms with Gasteiger partial charge in [0.05, 0.1) is 0 Å². The third kappa shape index (κ3) is 6.95. The zero-order valence-corrected chi connectivity index (χ0v) is 20.4. The lowest BCUT2D eigenvalue weighted by molar-refractivity contribution is 0.0927. The fraction of sp³-hybridized carbons (Fsp3) is 0.346. The van der Waals surface area contributed by atoms with Gasteiger partial charge in [-0.2, -0.15) is 0 Å². The fourth-order valence-corrected chi connectivity index (χ4v) is 5.04. The van der Waals surface area contributed by atoms with Crippen molar-refractivity contribution in [3.63, 3.8) is 0 Å². The summed E-state index contributed by atoms with van der Waals surface area (Å²) in [6.07, 6.45) is 5.86. The quantitative estimate of drug-likeness (QED) is 0.239. The molecule has 5 nitrogen and oxygen atoms in total. The van der Waals surface area contributed by atoms with Crippen LogP contribution < -0.4 is 10.2 Å². The molecule has 0 bridgehead atoms. The zero-order valence-electron chi connectivity index (χ0n) is 18.8. The number of amides is 1. The number of hydrogen-bond donors (Lipinski definition) is 1. The van der Waals surface area contributed by atoms with Crippen LogP contribution in [0.3, 0.4) is 0 Å². The molecule has 4 rings (SSSR count). The highest BCUT2D eigenvalue weighted by atomic mass is 35.5. The van der Waals surface area contributed by atoms with E-state index in [0.717, 1.165) is 30.8 Å². The van der Waals surface area contributed by atoms with E-state index in [1.807, 2.05) is 49.5 Å². The second-order valence-electron chi connectivity index (χ2n) is 8.47. The maximum atomic E-state index is 12.5. The molecule has 1 aromatic heterocycles. The van der Waals surface area contributed by atoms with E-state index in [1.54, 1.807) is 6.07 Å². The first kappa shape index (κ1) is 23.6. The molecule has 2 aromatic carbocycles. The number of hydrogen-bond acceptors (Lipinski definition) is 5. The van der Waals surface area contributed by atoms with Crippen LogP contribution in [0.1, 0.15) is 53.6 Å². The first-order valence-electron chi connectivity index (χ1n) is 11.4. The van der Waals surface area contributed by atoms with Crippen LogP contribution in [-0.2, 0) is 12.3 Å². The van der Waals surface area contributed by atoms with Crippen LogP contribution in [0.5, 0.6) is 0 Å². The Balaban J connectivity index is 1.34. The van der Waals surface area contributed by atoms with Gasteiger partial charge in [0.2, 0.25) is 0 Å². The van der Waals surface area contributed by atoms with Gasteiger partial charge in [-0.15, -0.1) is 0 Å². The largest absolute Gasteiger partial charge is 0.355 e. The van der Waals surface area contributed by atoms with Crippen LogP contribution >= 0.6 is 23.4 Å². The molecule has 1 heterocycles. The van der Waals surface area contributed by atoms with Gasteiger partial charge in [-0.3, -0.25) is 4.79 Å². The maximum absolute atomic E-state index is 12.5. The average molecular weight is 481 g/mol. The first-order chi connectivity index (χ1) is 16.1.